The monoisotopic (exact) mass is 226 g/mol. The van der Waals surface area contributed by atoms with Crippen molar-refractivity contribution < 1.29 is 9.47 Å². The van der Waals surface area contributed by atoms with Crippen LogP contribution in [-0.4, -0.2) is 13.4 Å². The number of benzene rings is 2. The highest BCUT2D eigenvalue weighted by Crippen LogP contribution is 2.27. The summed E-state index contributed by atoms with van der Waals surface area (Å²) in [7, 11) is 0. The molecule has 2 aromatic rings. The van der Waals surface area contributed by atoms with E-state index >= 15 is 0 Å². The van der Waals surface area contributed by atoms with Gasteiger partial charge in [-0.25, -0.2) is 0 Å². The molecule has 0 saturated heterocycles. The lowest BCUT2D eigenvalue weighted by molar-refractivity contribution is -0.00467. The van der Waals surface area contributed by atoms with Gasteiger partial charge >= 0.3 is 0 Å². The molecule has 0 aromatic heterocycles. The summed E-state index contributed by atoms with van der Waals surface area (Å²) in [4.78, 5) is 0. The molecule has 2 aromatic carbocycles. The normalized spacial score (nSPS) is 19.9. The fourth-order valence-corrected chi connectivity index (χ4v) is 2.24. The van der Waals surface area contributed by atoms with Crippen LogP contribution < -0.4 is 0 Å². The van der Waals surface area contributed by atoms with Crippen LogP contribution in [0.25, 0.3) is 10.8 Å². The van der Waals surface area contributed by atoms with E-state index in [1.165, 1.54) is 16.3 Å². The quantitative estimate of drug-likeness (QED) is 0.741. The molecular formula is C15H14O2. The van der Waals surface area contributed by atoms with E-state index < -0.39 is 0 Å². The molecule has 17 heavy (non-hydrogen) atoms. The van der Waals surface area contributed by atoms with Crippen molar-refractivity contribution in [3.63, 3.8) is 0 Å². The first-order chi connectivity index (χ1) is 8.45. The van der Waals surface area contributed by atoms with E-state index in [1.54, 1.807) is 6.26 Å². The third kappa shape index (κ3) is 2.04. The first-order valence-corrected chi connectivity index (χ1v) is 5.79. The van der Waals surface area contributed by atoms with Gasteiger partial charge in [0, 0.05) is 5.92 Å². The molecule has 1 aliphatic rings. The Morgan fingerprint density at radius 3 is 2.88 bits per heavy atom. The van der Waals surface area contributed by atoms with Crippen molar-refractivity contribution in [1.82, 2.24) is 0 Å². The number of rotatable bonds is 1. The van der Waals surface area contributed by atoms with Gasteiger partial charge in [-0.15, -0.1) is 0 Å². The van der Waals surface area contributed by atoms with E-state index in [4.69, 9.17) is 9.47 Å². The maximum absolute atomic E-state index is 5.43. The van der Waals surface area contributed by atoms with Crippen LogP contribution in [0.5, 0.6) is 0 Å². The van der Waals surface area contributed by atoms with E-state index in [9.17, 15) is 0 Å². The molecule has 2 nitrogen and oxygen atoms in total. The molecule has 0 bridgehead atoms. The number of ether oxygens (including phenoxy) is 2. The Labute approximate surface area is 100 Å². The van der Waals surface area contributed by atoms with Gasteiger partial charge in [-0.1, -0.05) is 42.5 Å². The van der Waals surface area contributed by atoms with Gasteiger partial charge < -0.3 is 9.47 Å². The van der Waals surface area contributed by atoms with E-state index in [2.05, 4.69) is 48.5 Å². The highest BCUT2D eigenvalue weighted by Gasteiger charge is 2.13. The average Bonchev–Trinajstić information content (AvgIpc) is 2.67. The summed E-state index contributed by atoms with van der Waals surface area (Å²) in [5.74, 6) is 0.267. The fraction of sp³-hybridized carbons (Fsp3) is 0.200. The number of hydrogen-bond acceptors (Lipinski definition) is 2. The van der Waals surface area contributed by atoms with Crippen molar-refractivity contribution in [2.24, 2.45) is 0 Å². The average molecular weight is 226 g/mol. The third-order valence-electron chi connectivity index (χ3n) is 3.08. The largest absolute Gasteiger partial charge is 0.475 e. The Balaban J connectivity index is 2.09. The topological polar surface area (TPSA) is 18.5 Å². The molecule has 0 N–H and O–H groups in total. The van der Waals surface area contributed by atoms with Crippen LogP contribution in [0.2, 0.25) is 0 Å². The SMILES string of the molecule is C1=CC(c2cccc3ccccc23)COCO1. The molecule has 1 heterocycles. The van der Waals surface area contributed by atoms with Crippen molar-refractivity contribution in [2.75, 3.05) is 13.4 Å². The zero-order valence-electron chi connectivity index (χ0n) is 9.50. The molecule has 1 unspecified atom stereocenters. The van der Waals surface area contributed by atoms with E-state index in [-0.39, 0.29) is 5.92 Å². The zero-order valence-corrected chi connectivity index (χ0v) is 9.50. The minimum atomic E-state index is 0.267. The van der Waals surface area contributed by atoms with Gasteiger partial charge in [0.1, 0.15) is 0 Å². The fourth-order valence-electron chi connectivity index (χ4n) is 2.24. The van der Waals surface area contributed by atoms with Crippen molar-refractivity contribution in [3.05, 3.63) is 60.4 Å². The molecule has 0 amide bonds. The van der Waals surface area contributed by atoms with Crippen molar-refractivity contribution >= 4 is 10.8 Å². The molecule has 3 rings (SSSR count). The highest BCUT2D eigenvalue weighted by molar-refractivity contribution is 5.86. The van der Waals surface area contributed by atoms with Gasteiger partial charge in [0.05, 0.1) is 12.9 Å². The molecule has 86 valence electrons. The van der Waals surface area contributed by atoms with Crippen molar-refractivity contribution in [1.29, 1.82) is 0 Å². The van der Waals surface area contributed by atoms with Gasteiger partial charge in [0.2, 0.25) is 0 Å². The van der Waals surface area contributed by atoms with Crippen LogP contribution in [0.1, 0.15) is 11.5 Å². The van der Waals surface area contributed by atoms with Gasteiger partial charge in [0.25, 0.3) is 0 Å². The van der Waals surface area contributed by atoms with Gasteiger partial charge in [-0.2, -0.15) is 0 Å². The summed E-state index contributed by atoms with van der Waals surface area (Å²) in [5.41, 5.74) is 1.30. The second-order valence-corrected chi connectivity index (χ2v) is 4.16. The Morgan fingerprint density at radius 2 is 1.88 bits per heavy atom. The second kappa shape index (κ2) is 4.60. The predicted molar refractivity (Wildman–Crippen MR) is 67.7 cm³/mol. The standard InChI is InChI=1S/C15H14O2/c1-2-6-14-12(4-1)5-3-7-15(14)13-8-9-16-11-17-10-13/h1-9,13H,10-11H2. The molecule has 1 aliphatic heterocycles. The Kier molecular flexibility index (Phi) is 2.80. The maximum Gasteiger partial charge on any atom is 0.188 e. The summed E-state index contributed by atoms with van der Waals surface area (Å²) in [5, 5.41) is 2.55. The van der Waals surface area contributed by atoms with Crippen molar-refractivity contribution in [3.8, 4) is 0 Å². The lowest BCUT2D eigenvalue weighted by Gasteiger charge is -2.13. The molecule has 1 atom stereocenters. The minimum absolute atomic E-state index is 0.267. The lowest BCUT2D eigenvalue weighted by Crippen LogP contribution is -2.04. The van der Waals surface area contributed by atoms with Crippen LogP contribution in [0.4, 0.5) is 0 Å². The lowest BCUT2D eigenvalue weighted by atomic mass is 9.94. The molecule has 2 heteroatoms. The van der Waals surface area contributed by atoms with Crippen LogP contribution in [-0.2, 0) is 9.47 Å². The summed E-state index contributed by atoms with van der Waals surface area (Å²) < 4.78 is 10.6. The summed E-state index contributed by atoms with van der Waals surface area (Å²) in [6.45, 7) is 1.02. The second-order valence-electron chi connectivity index (χ2n) is 4.16. The highest BCUT2D eigenvalue weighted by atomic mass is 16.7. The Morgan fingerprint density at radius 1 is 1.00 bits per heavy atom. The maximum atomic E-state index is 5.43. The molecule has 0 spiro atoms. The van der Waals surface area contributed by atoms with Gasteiger partial charge in [-0.05, 0) is 22.4 Å². The predicted octanol–water partition coefficient (Wildman–Crippen LogP) is 3.44. The van der Waals surface area contributed by atoms with E-state index in [1.807, 2.05) is 0 Å². The smallest absolute Gasteiger partial charge is 0.188 e. The van der Waals surface area contributed by atoms with Crippen LogP contribution in [0.3, 0.4) is 0 Å². The number of hydrogen-bond donors (Lipinski definition) is 0. The molecule has 0 fully saturated rings. The summed E-state index contributed by atoms with van der Waals surface area (Å²) in [6, 6.07) is 14.8. The van der Waals surface area contributed by atoms with Gasteiger partial charge in [0.15, 0.2) is 6.79 Å². The zero-order chi connectivity index (χ0) is 11.5. The van der Waals surface area contributed by atoms with Crippen molar-refractivity contribution in [2.45, 2.75) is 5.92 Å². The molecule has 0 aliphatic carbocycles. The third-order valence-corrected chi connectivity index (χ3v) is 3.08. The summed E-state index contributed by atoms with van der Waals surface area (Å²) >= 11 is 0. The van der Waals surface area contributed by atoms with Crippen LogP contribution >= 0.6 is 0 Å². The molecular weight excluding hydrogens is 212 g/mol. The van der Waals surface area contributed by atoms with E-state index in [0.717, 1.165) is 0 Å². The minimum Gasteiger partial charge on any atom is -0.475 e. The first-order valence-electron chi connectivity index (χ1n) is 5.79. The van der Waals surface area contributed by atoms with Gasteiger partial charge in [-0.3, -0.25) is 0 Å². The molecule has 0 radical (unpaired) electrons. The summed E-state index contributed by atoms with van der Waals surface area (Å²) in [6.07, 6.45) is 3.80. The molecule has 0 saturated carbocycles. The van der Waals surface area contributed by atoms with Crippen LogP contribution in [0, 0.1) is 0 Å². The number of fused-ring (bicyclic) bond motifs is 1. The van der Waals surface area contributed by atoms with Crippen LogP contribution in [0.15, 0.2) is 54.8 Å². The van der Waals surface area contributed by atoms with E-state index in [0.29, 0.717) is 13.4 Å². The Bertz CT molecular complexity index is 540. The Hall–Kier alpha value is -1.80. The first kappa shape index (κ1) is 10.4.